The standard InChI is InChI=1S/C22H21F3N2O3S/c1-13-10-17(8-9-18(13)30-12-20(28)29)27(3)11-19-14(2)26-21(31-19)15-4-6-16(7-5-15)22(23,24)25/h4-10H,11-12H2,1-3H3,(H,28,29). The first-order valence-corrected chi connectivity index (χ1v) is 10.2. The molecule has 5 nitrogen and oxygen atoms in total. The van der Waals surface area contributed by atoms with Crippen LogP contribution in [0.25, 0.3) is 10.6 Å². The number of ether oxygens (including phenoxy) is 1. The third-order valence-corrected chi connectivity index (χ3v) is 5.87. The van der Waals surface area contributed by atoms with Crippen LogP contribution in [-0.4, -0.2) is 29.7 Å². The highest BCUT2D eigenvalue weighted by molar-refractivity contribution is 7.15. The monoisotopic (exact) mass is 450 g/mol. The number of nitrogens with zero attached hydrogens (tertiary/aromatic N) is 2. The van der Waals surface area contributed by atoms with E-state index in [-0.39, 0.29) is 0 Å². The number of thiazole rings is 1. The van der Waals surface area contributed by atoms with Crippen molar-refractivity contribution in [1.29, 1.82) is 0 Å². The van der Waals surface area contributed by atoms with Crippen LogP contribution in [0.3, 0.4) is 0 Å². The Morgan fingerprint density at radius 3 is 2.42 bits per heavy atom. The second kappa shape index (κ2) is 8.97. The normalized spacial score (nSPS) is 11.4. The molecule has 31 heavy (non-hydrogen) atoms. The van der Waals surface area contributed by atoms with Crippen LogP contribution in [0, 0.1) is 13.8 Å². The molecule has 0 radical (unpaired) electrons. The molecule has 0 bridgehead atoms. The molecule has 0 unspecified atom stereocenters. The minimum Gasteiger partial charge on any atom is -0.482 e. The van der Waals surface area contributed by atoms with Gasteiger partial charge in [0, 0.05) is 23.2 Å². The Bertz CT molecular complexity index is 1080. The summed E-state index contributed by atoms with van der Waals surface area (Å²) >= 11 is 1.44. The number of rotatable bonds is 7. The van der Waals surface area contributed by atoms with Gasteiger partial charge in [0.2, 0.25) is 0 Å². The molecule has 2 aromatic carbocycles. The molecule has 0 spiro atoms. The number of hydrogen-bond donors (Lipinski definition) is 1. The Balaban J connectivity index is 1.74. The summed E-state index contributed by atoms with van der Waals surface area (Å²) in [6.45, 7) is 3.89. The molecule has 9 heteroatoms. The van der Waals surface area contributed by atoms with Gasteiger partial charge in [0.15, 0.2) is 6.61 Å². The molecule has 3 aromatic rings. The number of anilines is 1. The molecule has 1 aromatic heterocycles. The summed E-state index contributed by atoms with van der Waals surface area (Å²) in [7, 11) is 1.92. The van der Waals surface area contributed by atoms with E-state index in [9.17, 15) is 18.0 Å². The van der Waals surface area contributed by atoms with E-state index in [1.807, 2.05) is 37.9 Å². The molecule has 1 N–H and O–H groups in total. The number of aliphatic carboxylic acids is 1. The van der Waals surface area contributed by atoms with E-state index in [1.165, 1.54) is 23.5 Å². The van der Waals surface area contributed by atoms with Gasteiger partial charge in [0.1, 0.15) is 10.8 Å². The molecule has 0 saturated carbocycles. The van der Waals surface area contributed by atoms with E-state index in [0.29, 0.717) is 22.9 Å². The van der Waals surface area contributed by atoms with Crippen molar-refractivity contribution in [3.63, 3.8) is 0 Å². The van der Waals surface area contributed by atoms with Crippen molar-refractivity contribution in [2.75, 3.05) is 18.6 Å². The van der Waals surface area contributed by atoms with Gasteiger partial charge in [-0.1, -0.05) is 12.1 Å². The predicted molar refractivity (Wildman–Crippen MR) is 114 cm³/mol. The fourth-order valence-electron chi connectivity index (χ4n) is 2.98. The Morgan fingerprint density at radius 1 is 1.16 bits per heavy atom. The lowest BCUT2D eigenvalue weighted by Crippen LogP contribution is -2.16. The van der Waals surface area contributed by atoms with Gasteiger partial charge in [-0.15, -0.1) is 11.3 Å². The van der Waals surface area contributed by atoms with E-state index >= 15 is 0 Å². The molecular formula is C22H21F3N2O3S. The van der Waals surface area contributed by atoms with Gasteiger partial charge in [0.05, 0.1) is 17.8 Å². The maximum atomic E-state index is 12.8. The Kier molecular flexibility index (Phi) is 6.54. The van der Waals surface area contributed by atoms with Gasteiger partial charge in [-0.05, 0) is 49.7 Å². The Hall–Kier alpha value is -3.07. The number of aromatic nitrogens is 1. The molecule has 0 aliphatic rings. The average molecular weight is 450 g/mol. The highest BCUT2D eigenvalue weighted by Crippen LogP contribution is 2.34. The van der Waals surface area contributed by atoms with Crippen molar-refractivity contribution >= 4 is 23.0 Å². The average Bonchev–Trinajstić information content (AvgIpc) is 3.06. The number of carboxylic acids is 1. The number of carboxylic acid groups (broad SMARTS) is 1. The molecule has 0 fully saturated rings. The summed E-state index contributed by atoms with van der Waals surface area (Å²) in [6.07, 6.45) is -4.36. The third-order valence-electron chi connectivity index (χ3n) is 4.68. The molecule has 164 valence electrons. The first kappa shape index (κ1) is 22.6. The summed E-state index contributed by atoms with van der Waals surface area (Å²) in [5.41, 5.74) is 2.52. The lowest BCUT2D eigenvalue weighted by atomic mass is 10.1. The van der Waals surface area contributed by atoms with Gasteiger partial charge < -0.3 is 14.7 Å². The summed E-state index contributed by atoms with van der Waals surface area (Å²) in [5.74, 6) is -0.525. The lowest BCUT2D eigenvalue weighted by Gasteiger charge is -2.20. The van der Waals surface area contributed by atoms with Gasteiger partial charge in [-0.3, -0.25) is 0 Å². The second-order valence-corrected chi connectivity index (χ2v) is 8.17. The zero-order valence-corrected chi connectivity index (χ0v) is 18.0. The lowest BCUT2D eigenvalue weighted by molar-refractivity contribution is -0.139. The van der Waals surface area contributed by atoms with Crippen molar-refractivity contribution in [1.82, 2.24) is 4.98 Å². The highest BCUT2D eigenvalue weighted by Gasteiger charge is 2.30. The first-order chi connectivity index (χ1) is 14.5. The third kappa shape index (κ3) is 5.55. The van der Waals surface area contributed by atoms with Crippen molar-refractivity contribution in [2.45, 2.75) is 26.6 Å². The Morgan fingerprint density at radius 2 is 1.84 bits per heavy atom. The van der Waals surface area contributed by atoms with Crippen LogP contribution >= 0.6 is 11.3 Å². The number of hydrogen-bond acceptors (Lipinski definition) is 5. The Labute approximate surface area is 181 Å². The van der Waals surface area contributed by atoms with Crippen LogP contribution in [0.4, 0.5) is 18.9 Å². The molecule has 0 saturated heterocycles. The quantitative estimate of drug-likeness (QED) is 0.512. The molecule has 0 atom stereocenters. The second-order valence-electron chi connectivity index (χ2n) is 7.09. The number of benzene rings is 2. The summed E-state index contributed by atoms with van der Waals surface area (Å²) in [5, 5.41) is 9.41. The summed E-state index contributed by atoms with van der Waals surface area (Å²) in [4.78, 5) is 18.2. The van der Waals surface area contributed by atoms with E-state index in [0.717, 1.165) is 34.0 Å². The molecule has 3 rings (SSSR count). The minimum absolute atomic E-state index is 0.400. The van der Waals surface area contributed by atoms with Crippen LogP contribution in [0.2, 0.25) is 0 Å². The van der Waals surface area contributed by atoms with Gasteiger partial charge in [0.25, 0.3) is 0 Å². The fraction of sp³-hybridized carbons (Fsp3) is 0.273. The molecular weight excluding hydrogens is 429 g/mol. The summed E-state index contributed by atoms with van der Waals surface area (Å²) < 4.78 is 43.6. The van der Waals surface area contributed by atoms with Crippen molar-refractivity contribution in [2.24, 2.45) is 0 Å². The zero-order valence-electron chi connectivity index (χ0n) is 17.2. The molecule has 0 amide bonds. The van der Waals surface area contributed by atoms with Crippen LogP contribution in [0.5, 0.6) is 5.75 Å². The maximum Gasteiger partial charge on any atom is 0.416 e. The van der Waals surface area contributed by atoms with Crippen LogP contribution < -0.4 is 9.64 Å². The highest BCUT2D eigenvalue weighted by atomic mass is 32.1. The predicted octanol–water partition coefficient (Wildman–Crippen LogP) is 5.55. The van der Waals surface area contributed by atoms with E-state index in [2.05, 4.69) is 4.98 Å². The van der Waals surface area contributed by atoms with E-state index < -0.39 is 24.3 Å². The minimum atomic E-state index is -4.36. The first-order valence-electron chi connectivity index (χ1n) is 9.35. The smallest absolute Gasteiger partial charge is 0.416 e. The number of halogens is 3. The maximum absolute atomic E-state index is 12.8. The number of alkyl halides is 3. The number of aryl methyl sites for hydroxylation is 2. The molecule has 1 heterocycles. The van der Waals surface area contributed by atoms with Gasteiger partial charge in [-0.2, -0.15) is 13.2 Å². The van der Waals surface area contributed by atoms with E-state index in [4.69, 9.17) is 9.84 Å². The SMILES string of the molecule is Cc1cc(N(C)Cc2sc(-c3ccc(C(F)(F)F)cc3)nc2C)ccc1OCC(=O)O. The van der Waals surface area contributed by atoms with Crippen molar-refractivity contribution in [3.8, 4) is 16.3 Å². The topological polar surface area (TPSA) is 62.7 Å². The molecule has 0 aliphatic heterocycles. The van der Waals surface area contributed by atoms with Crippen LogP contribution in [0.1, 0.15) is 21.7 Å². The molecule has 0 aliphatic carbocycles. The van der Waals surface area contributed by atoms with Gasteiger partial charge in [-0.25, -0.2) is 9.78 Å². The van der Waals surface area contributed by atoms with Crippen LogP contribution in [-0.2, 0) is 17.5 Å². The fourth-order valence-corrected chi connectivity index (χ4v) is 4.10. The summed E-state index contributed by atoms with van der Waals surface area (Å²) in [6, 6.07) is 10.5. The van der Waals surface area contributed by atoms with Crippen molar-refractivity contribution < 1.29 is 27.8 Å². The van der Waals surface area contributed by atoms with E-state index in [1.54, 1.807) is 6.07 Å². The zero-order chi connectivity index (χ0) is 22.8. The number of carbonyl (C=O) groups is 1. The van der Waals surface area contributed by atoms with Crippen molar-refractivity contribution in [3.05, 3.63) is 64.2 Å². The largest absolute Gasteiger partial charge is 0.482 e. The van der Waals surface area contributed by atoms with Gasteiger partial charge >= 0.3 is 12.1 Å². The van der Waals surface area contributed by atoms with Crippen LogP contribution in [0.15, 0.2) is 42.5 Å².